The van der Waals surface area contributed by atoms with Crippen LogP contribution >= 0.6 is 13.5 Å². The van der Waals surface area contributed by atoms with Gasteiger partial charge in [0.05, 0.1) is 0 Å². The van der Waals surface area contributed by atoms with E-state index in [2.05, 4.69) is 96.9 Å². The summed E-state index contributed by atoms with van der Waals surface area (Å²) >= 11 is 0. The third kappa shape index (κ3) is 10.3. The lowest BCUT2D eigenvalue weighted by molar-refractivity contribution is 0.399. The topological polar surface area (TPSA) is 20.2 Å². The van der Waals surface area contributed by atoms with Crippen LogP contribution in [0, 0.1) is 12.8 Å². The van der Waals surface area contributed by atoms with E-state index in [9.17, 15) is 0 Å². The largest absolute Gasteiger partial charge is 0.400 e. The summed E-state index contributed by atoms with van der Waals surface area (Å²) in [6, 6.07) is 4.76. The predicted molar refractivity (Wildman–Crippen MR) is 161 cm³/mol. The predicted octanol–water partition coefficient (Wildman–Crippen LogP) is 9.02. The number of hydrogen-bond donors (Lipinski definition) is 1. The van der Waals surface area contributed by atoms with Crippen molar-refractivity contribution in [3.63, 3.8) is 0 Å². The van der Waals surface area contributed by atoms with Crippen molar-refractivity contribution in [2.75, 3.05) is 7.11 Å². The van der Waals surface area contributed by atoms with E-state index in [-0.39, 0.29) is 13.5 Å². The van der Waals surface area contributed by atoms with Gasteiger partial charge in [-0.05, 0) is 98.4 Å². The molecule has 0 radical (unpaired) electrons. The molecule has 1 atom stereocenters. The van der Waals surface area contributed by atoms with Gasteiger partial charge in [0.1, 0.15) is 0 Å². The molecule has 1 nitrogen and oxygen atoms in total. The van der Waals surface area contributed by atoms with E-state index in [4.69, 9.17) is 5.11 Å². The van der Waals surface area contributed by atoms with Crippen molar-refractivity contribution in [1.82, 2.24) is 0 Å². The summed E-state index contributed by atoms with van der Waals surface area (Å²) in [5, 5.41) is 7.00. The molecule has 1 unspecified atom stereocenters. The summed E-state index contributed by atoms with van der Waals surface area (Å²) in [5.74, 6) is 0.461. The molecule has 0 saturated carbocycles. The Balaban J connectivity index is 0. The van der Waals surface area contributed by atoms with Gasteiger partial charge in [-0.1, -0.05) is 93.7 Å². The minimum absolute atomic E-state index is 0. The van der Waals surface area contributed by atoms with Crippen molar-refractivity contribution < 1.29 is 5.11 Å². The van der Waals surface area contributed by atoms with Crippen molar-refractivity contribution in [2.45, 2.75) is 67.7 Å². The van der Waals surface area contributed by atoms with Gasteiger partial charge in [-0.2, -0.15) is 13.5 Å². The number of aliphatic hydroxyl groups is 1. The molecule has 1 aromatic carbocycles. The minimum atomic E-state index is 0. The van der Waals surface area contributed by atoms with Crippen LogP contribution in [0.5, 0.6) is 0 Å². The number of rotatable bonds is 11. The molecular weight excluding hydrogens is 432 g/mol. The van der Waals surface area contributed by atoms with Crippen LogP contribution < -0.4 is 0 Å². The molecule has 2 heteroatoms. The molecule has 0 amide bonds. The van der Waals surface area contributed by atoms with Crippen LogP contribution in [0.25, 0.3) is 5.57 Å². The summed E-state index contributed by atoms with van der Waals surface area (Å²) in [5.41, 5.74) is 11.0. The number of benzene rings is 1. The zero-order valence-corrected chi connectivity index (χ0v) is 23.9. The Hall–Kier alpha value is -2.29. The molecule has 0 aliphatic carbocycles. The minimum Gasteiger partial charge on any atom is -0.400 e. The first-order valence-corrected chi connectivity index (χ1v) is 11.9. The lowest BCUT2D eigenvalue weighted by atomic mass is 9.85. The first-order valence-electron chi connectivity index (χ1n) is 11.9. The Labute approximate surface area is 217 Å². The van der Waals surface area contributed by atoms with Gasteiger partial charge in [-0.3, -0.25) is 0 Å². The smallest absolute Gasteiger partial charge is 0.0319 e. The van der Waals surface area contributed by atoms with Crippen LogP contribution in [0.2, 0.25) is 0 Å². The van der Waals surface area contributed by atoms with E-state index in [1.54, 1.807) is 0 Å². The molecule has 0 bridgehead atoms. The maximum Gasteiger partial charge on any atom is 0.0319 e. The highest BCUT2D eigenvalue weighted by Crippen LogP contribution is 2.31. The molecule has 188 valence electrons. The van der Waals surface area contributed by atoms with Gasteiger partial charge in [0.15, 0.2) is 0 Å². The van der Waals surface area contributed by atoms with Gasteiger partial charge in [0.25, 0.3) is 0 Å². The highest BCUT2D eigenvalue weighted by Gasteiger charge is 2.14. The molecule has 0 aliphatic heterocycles. The van der Waals surface area contributed by atoms with E-state index >= 15 is 0 Å². The summed E-state index contributed by atoms with van der Waals surface area (Å²) < 4.78 is 0. The van der Waals surface area contributed by atoms with Crippen molar-refractivity contribution >= 4 is 19.1 Å². The van der Waals surface area contributed by atoms with Gasteiger partial charge >= 0.3 is 0 Å². The molecule has 0 aromatic heterocycles. The maximum absolute atomic E-state index is 7.00. The fourth-order valence-electron chi connectivity index (χ4n) is 3.90. The Morgan fingerprint density at radius 3 is 2.18 bits per heavy atom. The van der Waals surface area contributed by atoms with E-state index in [1.807, 2.05) is 19.9 Å². The number of aryl methyl sites for hydroxylation is 2. The standard InChI is InChI=1S/C31H42.CH4O.H2S/c1-11-15-17-23(7)24(8)18-29-21-28(16-12-2)25(9)20-31(29)27(13-3)19-26(10)30(14-4)22(5)6;1-2;/h11,13-15,17,19-21,24H,3,5,10,12,16,18H2,1-2,4,6-9H3;2H,1H3;1H2/b15-11-,23-17+,27-19+,30-14-;;. The second kappa shape index (κ2) is 18.1. The quantitative estimate of drug-likeness (QED) is 0.313. The van der Waals surface area contributed by atoms with E-state index in [0.29, 0.717) is 5.92 Å². The average Bonchev–Trinajstić information content (AvgIpc) is 2.79. The fourth-order valence-corrected chi connectivity index (χ4v) is 3.90. The van der Waals surface area contributed by atoms with Crippen LogP contribution in [-0.4, -0.2) is 12.2 Å². The molecule has 0 heterocycles. The summed E-state index contributed by atoms with van der Waals surface area (Å²) in [6.45, 7) is 27.7. The lowest BCUT2D eigenvalue weighted by Crippen LogP contribution is -2.06. The third-order valence-electron chi connectivity index (χ3n) is 5.89. The van der Waals surface area contributed by atoms with E-state index in [1.165, 1.54) is 27.8 Å². The Bertz CT molecular complexity index is 938. The first kappa shape index (κ1) is 33.9. The number of aliphatic hydroxyl groups excluding tert-OH is 1. The van der Waals surface area contributed by atoms with Gasteiger partial charge in [0.2, 0.25) is 0 Å². The maximum atomic E-state index is 7.00. The molecule has 0 spiro atoms. The molecule has 0 saturated heterocycles. The molecule has 0 fully saturated rings. The van der Waals surface area contributed by atoms with Gasteiger partial charge in [-0.25, -0.2) is 0 Å². The van der Waals surface area contributed by atoms with Crippen molar-refractivity contribution in [1.29, 1.82) is 0 Å². The molecule has 34 heavy (non-hydrogen) atoms. The third-order valence-corrected chi connectivity index (χ3v) is 5.89. The van der Waals surface area contributed by atoms with Crippen LogP contribution in [0.3, 0.4) is 0 Å². The van der Waals surface area contributed by atoms with Gasteiger partial charge in [-0.15, -0.1) is 0 Å². The second-order valence-electron chi connectivity index (χ2n) is 8.54. The van der Waals surface area contributed by atoms with Crippen LogP contribution in [0.15, 0.2) is 90.6 Å². The zero-order valence-electron chi connectivity index (χ0n) is 22.9. The summed E-state index contributed by atoms with van der Waals surface area (Å²) in [4.78, 5) is 0. The average molecular weight is 481 g/mol. The number of allylic oxidation sites excluding steroid dienone is 11. The Kier molecular flexibility index (Phi) is 18.0. The van der Waals surface area contributed by atoms with Crippen molar-refractivity contribution in [3.8, 4) is 0 Å². The first-order chi connectivity index (χ1) is 15.7. The van der Waals surface area contributed by atoms with Crippen molar-refractivity contribution in [3.05, 3.63) is 113 Å². The lowest BCUT2D eigenvalue weighted by Gasteiger charge is -2.20. The Morgan fingerprint density at radius 2 is 1.71 bits per heavy atom. The highest BCUT2D eigenvalue weighted by atomic mass is 32.1. The zero-order chi connectivity index (χ0) is 25.6. The second-order valence-corrected chi connectivity index (χ2v) is 8.54. The molecule has 1 N–H and O–H groups in total. The van der Waals surface area contributed by atoms with E-state index in [0.717, 1.165) is 48.7 Å². The monoisotopic (exact) mass is 480 g/mol. The SMILES string of the molecule is C=C/C(=C\C(=C)/C(=C\C)C(=C)C)c1cc(C)c(CCC)cc1CC(C)/C(C)=C/C=C\C.CO.S. The normalized spacial score (nSPS) is 13.0. The fraction of sp³-hybridized carbons (Fsp3) is 0.375. The molecule has 1 aromatic rings. The van der Waals surface area contributed by atoms with Gasteiger partial charge in [0, 0.05) is 7.11 Å². The molecule has 0 aliphatic rings. The van der Waals surface area contributed by atoms with Crippen LogP contribution in [-0.2, 0) is 12.8 Å². The molecular formula is C32H48OS. The van der Waals surface area contributed by atoms with Gasteiger partial charge < -0.3 is 5.11 Å². The Morgan fingerprint density at radius 1 is 1.09 bits per heavy atom. The van der Waals surface area contributed by atoms with Crippen molar-refractivity contribution in [2.24, 2.45) is 5.92 Å². The molecule has 1 rings (SSSR count). The summed E-state index contributed by atoms with van der Waals surface area (Å²) in [6.07, 6.45) is 15.9. The van der Waals surface area contributed by atoms with Crippen LogP contribution in [0.1, 0.15) is 70.2 Å². The van der Waals surface area contributed by atoms with E-state index < -0.39 is 0 Å². The summed E-state index contributed by atoms with van der Waals surface area (Å²) in [7, 11) is 1.00. The van der Waals surface area contributed by atoms with Crippen LogP contribution in [0.4, 0.5) is 0 Å². The number of hydrogen-bond acceptors (Lipinski definition) is 1. The highest BCUT2D eigenvalue weighted by molar-refractivity contribution is 7.59.